The Labute approximate surface area is 105 Å². The lowest BCUT2D eigenvalue weighted by Gasteiger charge is -2.62. The highest BCUT2D eigenvalue weighted by Crippen LogP contribution is 2.50. The van der Waals surface area contributed by atoms with E-state index in [2.05, 4.69) is 44.5 Å². The number of β-lactam (4-membered cyclic amide) rings is 1. The molecule has 2 rings (SSSR count). The molecule has 3 nitrogen and oxygen atoms in total. The first-order valence-corrected chi connectivity index (χ1v) is 6.91. The van der Waals surface area contributed by atoms with Gasteiger partial charge in [-0.05, 0) is 52.7 Å². The van der Waals surface area contributed by atoms with Crippen LogP contribution in [0, 0.1) is 11.3 Å². The molecule has 0 aliphatic carbocycles. The molecule has 2 aliphatic rings. The molecule has 2 aliphatic heterocycles. The second kappa shape index (κ2) is 4.27. The summed E-state index contributed by atoms with van der Waals surface area (Å²) in [6.45, 7) is 10.9. The van der Waals surface area contributed by atoms with Crippen molar-refractivity contribution in [1.82, 2.24) is 9.80 Å². The summed E-state index contributed by atoms with van der Waals surface area (Å²) >= 11 is 0. The molecule has 0 bridgehead atoms. The molecule has 1 spiro atoms. The largest absolute Gasteiger partial charge is 0.335 e. The van der Waals surface area contributed by atoms with Crippen LogP contribution in [0.5, 0.6) is 0 Å². The summed E-state index contributed by atoms with van der Waals surface area (Å²) in [6.07, 6.45) is 2.10. The van der Waals surface area contributed by atoms with Gasteiger partial charge in [-0.3, -0.25) is 4.79 Å². The van der Waals surface area contributed by atoms with Crippen molar-refractivity contribution in [3.05, 3.63) is 0 Å². The van der Waals surface area contributed by atoms with Crippen LogP contribution in [0.3, 0.4) is 0 Å². The minimum absolute atomic E-state index is 0.0229. The van der Waals surface area contributed by atoms with Gasteiger partial charge in [0.25, 0.3) is 0 Å². The van der Waals surface area contributed by atoms with Crippen molar-refractivity contribution >= 4 is 5.91 Å². The average Bonchev–Trinajstić information content (AvgIpc) is 2.25. The lowest BCUT2D eigenvalue weighted by Crippen LogP contribution is -2.74. The first kappa shape index (κ1) is 12.9. The second-order valence-electron chi connectivity index (χ2n) is 6.45. The average molecular weight is 238 g/mol. The molecule has 0 radical (unpaired) electrons. The Kier molecular flexibility index (Phi) is 3.23. The third-order valence-electron chi connectivity index (χ3n) is 4.59. The Morgan fingerprint density at radius 2 is 1.71 bits per heavy atom. The normalized spacial score (nSPS) is 29.2. The van der Waals surface area contributed by atoms with Crippen LogP contribution in [0.25, 0.3) is 0 Å². The minimum atomic E-state index is -0.0229. The van der Waals surface area contributed by atoms with Gasteiger partial charge in [0.05, 0.1) is 5.41 Å². The monoisotopic (exact) mass is 238 g/mol. The highest BCUT2D eigenvalue weighted by molar-refractivity contribution is 5.90. The SMILES string of the molecule is CC(C)C1N(C(C)C)C(=O)C12CCN(C)CC2. The van der Waals surface area contributed by atoms with Crippen LogP contribution in [-0.4, -0.2) is 47.9 Å². The van der Waals surface area contributed by atoms with Crippen LogP contribution >= 0.6 is 0 Å². The first-order chi connectivity index (χ1) is 7.90. The van der Waals surface area contributed by atoms with Crippen LogP contribution in [0.2, 0.25) is 0 Å². The maximum Gasteiger partial charge on any atom is 0.231 e. The third kappa shape index (κ3) is 1.79. The van der Waals surface area contributed by atoms with E-state index >= 15 is 0 Å². The van der Waals surface area contributed by atoms with Crippen molar-refractivity contribution in [1.29, 1.82) is 0 Å². The summed E-state index contributed by atoms with van der Waals surface area (Å²) in [5.41, 5.74) is -0.0229. The van der Waals surface area contributed by atoms with E-state index in [-0.39, 0.29) is 5.41 Å². The third-order valence-corrected chi connectivity index (χ3v) is 4.59. The fourth-order valence-electron chi connectivity index (χ4n) is 3.75. The lowest BCUT2D eigenvalue weighted by atomic mass is 9.60. The van der Waals surface area contributed by atoms with Crippen molar-refractivity contribution in [2.24, 2.45) is 11.3 Å². The summed E-state index contributed by atoms with van der Waals surface area (Å²) in [4.78, 5) is 17.0. The van der Waals surface area contributed by atoms with E-state index in [1.165, 1.54) is 0 Å². The molecule has 0 aromatic carbocycles. The number of rotatable bonds is 2. The fraction of sp³-hybridized carbons (Fsp3) is 0.929. The summed E-state index contributed by atoms with van der Waals surface area (Å²) in [6, 6.07) is 0.809. The molecule has 0 saturated carbocycles. The molecule has 3 heteroatoms. The van der Waals surface area contributed by atoms with Gasteiger partial charge in [0.15, 0.2) is 0 Å². The zero-order chi connectivity index (χ0) is 12.8. The van der Waals surface area contributed by atoms with Gasteiger partial charge in [-0.15, -0.1) is 0 Å². The van der Waals surface area contributed by atoms with Gasteiger partial charge >= 0.3 is 0 Å². The number of carbonyl (C=O) groups is 1. The lowest BCUT2D eigenvalue weighted by molar-refractivity contribution is -0.188. The standard InChI is InChI=1S/C14H26N2O/c1-10(2)12-14(6-8-15(5)9-7-14)13(17)16(12)11(3)4/h10-12H,6-9H2,1-5H3. The molecule has 1 unspecified atom stereocenters. The van der Waals surface area contributed by atoms with E-state index in [1.54, 1.807) is 0 Å². The molecule has 98 valence electrons. The Morgan fingerprint density at radius 1 is 1.18 bits per heavy atom. The smallest absolute Gasteiger partial charge is 0.231 e. The van der Waals surface area contributed by atoms with Gasteiger partial charge in [-0.2, -0.15) is 0 Å². The highest BCUT2D eigenvalue weighted by atomic mass is 16.2. The van der Waals surface area contributed by atoms with Crippen LogP contribution in [-0.2, 0) is 4.79 Å². The number of carbonyl (C=O) groups excluding carboxylic acids is 1. The summed E-state index contributed by atoms with van der Waals surface area (Å²) < 4.78 is 0. The first-order valence-electron chi connectivity index (χ1n) is 6.91. The number of nitrogens with zero attached hydrogens (tertiary/aromatic N) is 2. The van der Waals surface area contributed by atoms with E-state index in [4.69, 9.17) is 0 Å². The molecule has 2 heterocycles. The van der Waals surface area contributed by atoms with Crippen LogP contribution in [0.15, 0.2) is 0 Å². The van der Waals surface area contributed by atoms with Gasteiger partial charge in [-0.25, -0.2) is 0 Å². The van der Waals surface area contributed by atoms with Crippen LogP contribution in [0.1, 0.15) is 40.5 Å². The van der Waals surface area contributed by atoms with Crippen LogP contribution < -0.4 is 0 Å². The number of piperidine rings is 1. The van der Waals surface area contributed by atoms with Crippen LogP contribution in [0.4, 0.5) is 0 Å². The van der Waals surface area contributed by atoms with Crippen molar-refractivity contribution < 1.29 is 4.79 Å². The molecular weight excluding hydrogens is 212 g/mol. The summed E-state index contributed by atoms with van der Waals surface area (Å²) in [7, 11) is 2.15. The van der Waals surface area contributed by atoms with E-state index < -0.39 is 0 Å². The molecule has 0 N–H and O–H groups in total. The Bertz CT molecular complexity index is 303. The summed E-state index contributed by atoms with van der Waals surface area (Å²) in [5.74, 6) is 0.984. The van der Waals surface area contributed by atoms with E-state index in [9.17, 15) is 4.79 Å². The highest BCUT2D eigenvalue weighted by Gasteiger charge is 2.61. The van der Waals surface area contributed by atoms with E-state index in [0.29, 0.717) is 23.9 Å². The predicted molar refractivity (Wildman–Crippen MR) is 69.8 cm³/mol. The maximum atomic E-state index is 12.5. The molecule has 2 saturated heterocycles. The molecule has 1 amide bonds. The zero-order valence-corrected chi connectivity index (χ0v) is 11.9. The topological polar surface area (TPSA) is 23.6 Å². The van der Waals surface area contributed by atoms with E-state index in [0.717, 1.165) is 25.9 Å². The van der Waals surface area contributed by atoms with Gasteiger partial charge in [-0.1, -0.05) is 13.8 Å². The van der Waals surface area contributed by atoms with Crippen molar-refractivity contribution in [2.45, 2.75) is 52.6 Å². The zero-order valence-electron chi connectivity index (χ0n) is 11.9. The fourth-order valence-corrected chi connectivity index (χ4v) is 3.75. The van der Waals surface area contributed by atoms with Gasteiger partial charge < -0.3 is 9.80 Å². The molecular formula is C14H26N2O. The number of hydrogen-bond donors (Lipinski definition) is 0. The molecule has 17 heavy (non-hydrogen) atoms. The molecule has 0 aromatic heterocycles. The number of likely N-dealkylation sites (tertiary alicyclic amines) is 2. The Morgan fingerprint density at radius 3 is 2.12 bits per heavy atom. The predicted octanol–water partition coefficient (Wildman–Crippen LogP) is 1.97. The molecule has 1 atom stereocenters. The molecule has 0 aromatic rings. The van der Waals surface area contributed by atoms with Crippen molar-refractivity contribution in [3.63, 3.8) is 0 Å². The second-order valence-corrected chi connectivity index (χ2v) is 6.45. The Balaban J connectivity index is 2.20. The number of amides is 1. The van der Waals surface area contributed by atoms with Gasteiger partial charge in [0.1, 0.15) is 0 Å². The van der Waals surface area contributed by atoms with Gasteiger partial charge in [0.2, 0.25) is 5.91 Å². The van der Waals surface area contributed by atoms with E-state index in [1.807, 2.05) is 0 Å². The minimum Gasteiger partial charge on any atom is -0.335 e. The Hall–Kier alpha value is -0.570. The van der Waals surface area contributed by atoms with Crippen molar-refractivity contribution in [2.75, 3.05) is 20.1 Å². The van der Waals surface area contributed by atoms with Crippen molar-refractivity contribution in [3.8, 4) is 0 Å². The maximum absolute atomic E-state index is 12.5. The van der Waals surface area contributed by atoms with Gasteiger partial charge in [0, 0.05) is 12.1 Å². The quantitative estimate of drug-likeness (QED) is 0.687. The molecule has 2 fully saturated rings. The summed E-state index contributed by atoms with van der Waals surface area (Å²) in [5, 5.41) is 0. The number of hydrogen-bond acceptors (Lipinski definition) is 2.